The molecule has 1 nitrogen and oxygen atoms in total. The fourth-order valence-corrected chi connectivity index (χ4v) is 10.8. The second kappa shape index (κ2) is 15.4. The van der Waals surface area contributed by atoms with Crippen LogP contribution < -0.4 is 4.90 Å². The van der Waals surface area contributed by atoms with Crippen LogP contribution in [0.1, 0.15) is 85.8 Å². The van der Waals surface area contributed by atoms with Gasteiger partial charge in [-0.25, -0.2) is 0 Å². The van der Waals surface area contributed by atoms with Gasteiger partial charge in [-0.1, -0.05) is 209 Å². The van der Waals surface area contributed by atoms with Gasteiger partial charge in [0.1, 0.15) is 0 Å². The van der Waals surface area contributed by atoms with Crippen LogP contribution in [0, 0.1) is 0 Å². The largest absolute Gasteiger partial charge is 0.310 e. The molecule has 8 aromatic rings. The third-order valence-corrected chi connectivity index (χ3v) is 13.3. The smallest absolute Gasteiger partial charge is 0.0714 e. The van der Waals surface area contributed by atoms with E-state index in [1.807, 2.05) is 0 Å². The van der Waals surface area contributed by atoms with Crippen LogP contribution in [-0.2, 0) is 10.8 Å². The summed E-state index contributed by atoms with van der Waals surface area (Å²) >= 11 is 0. The number of unbranched alkanes of at least 4 members (excludes halogenated alkanes) is 2. The van der Waals surface area contributed by atoms with E-state index in [0.29, 0.717) is 0 Å². The van der Waals surface area contributed by atoms with E-state index in [2.05, 4.69) is 219 Å². The first kappa shape index (κ1) is 36.9. The van der Waals surface area contributed by atoms with Crippen molar-refractivity contribution in [3.05, 3.63) is 234 Å². The summed E-state index contributed by atoms with van der Waals surface area (Å²) in [7, 11) is 0. The van der Waals surface area contributed by atoms with Crippen LogP contribution in [0.15, 0.2) is 200 Å². The van der Waals surface area contributed by atoms with Crippen LogP contribution in [0.25, 0.3) is 33.4 Å². The Morgan fingerprint density at radius 1 is 0.390 bits per heavy atom. The summed E-state index contributed by atoms with van der Waals surface area (Å²) in [6.45, 7) is 4.69. The first-order valence-corrected chi connectivity index (χ1v) is 21.7. The summed E-state index contributed by atoms with van der Waals surface area (Å²) in [4.78, 5) is 2.60. The fraction of sp³-hybridized carbons (Fsp3) is 0.172. The summed E-state index contributed by atoms with van der Waals surface area (Å²) in [5.41, 5.74) is 19.0. The van der Waals surface area contributed by atoms with Crippen molar-refractivity contribution >= 4 is 17.1 Å². The van der Waals surface area contributed by atoms with E-state index in [-0.39, 0.29) is 5.41 Å². The molecule has 0 amide bonds. The number of nitrogens with zero attached hydrogens (tertiary/aromatic N) is 1. The van der Waals surface area contributed by atoms with Crippen molar-refractivity contribution in [2.75, 3.05) is 4.90 Å². The van der Waals surface area contributed by atoms with Crippen LogP contribution in [0.3, 0.4) is 0 Å². The zero-order chi connectivity index (χ0) is 39.8. The molecule has 2 aliphatic carbocycles. The maximum atomic E-state index is 2.60. The van der Waals surface area contributed by atoms with Crippen LogP contribution in [-0.4, -0.2) is 0 Å². The topological polar surface area (TPSA) is 3.24 Å². The summed E-state index contributed by atoms with van der Waals surface area (Å²) in [5, 5.41) is 0. The molecule has 2 aliphatic rings. The van der Waals surface area contributed by atoms with Gasteiger partial charge in [-0.3, -0.25) is 0 Å². The Kier molecular flexibility index (Phi) is 9.61. The van der Waals surface area contributed by atoms with Gasteiger partial charge in [0, 0.05) is 16.8 Å². The van der Waals surface area contributed by atoms with Crippen molar-refractivity contribution in [3.63, 3.8) is 0 Å². The fourth-order valence-electron chi connectivity index (χ4n) is 10.8. The molecule has 0 saturated carbocycles. The average molecular weight is 762 g/mol. The zero-order valence-corrected chi connectivity index (χ0v) is 34.2. The van der Waals surface area contributed by atoms with Gasteiger partial charge in [0.15, 0.2) is 0 Å². The molecular weight excluding hydrogens is 711 g/mol. The summed E-state index contributed by atoms with van der Waals surface area (Å²) in [6.07, 6.45) is 6.97. The van der Waals surface area contributed by atoms with E-state index in [4.69, 9.17) is 0 Å². The standard InChI is InChI=1S/C58H51N/c1-3-5-38-57(39-6-4-2)52-33-18-16-31-49(52)51-32-21-35-55(56(51)57)59(46-29-20-24-43(40-46)42-22-10-7-11-23-42)47-36-37-50-48-30-17-19-34-53(48)58(54(50)41-47,44-25-12-8-13-26-44)45-27-14-9-15-28-45/h7-37,40-41H,3-6,38-39H2,1-2H3. The monoisotopic (exact) mass is 761 g/mol. The van der Waals surface area contributed by atoms with Gasteiger partial charge in [-0.05, 0) is 110 Å². The third kappa shape index (κ3) is 5.90. The molecule has 0 saturated heterocycles. The predicted octanol–water partition coefficient (Wildman–Crippen LogP) is 15.8. The predicted molar refractivity (Wildman–Crippen MR) is 249 cm³/mol. The Morgan fingerprint density at radius 3 is 1.56 bits per heavy atom. The summed E-state index contributed by atoms with van der Waals surface area (Å²) in [5.74, 6) is 0. The Morgan fingerprint density at radius 2 is 0.898 bits per heavy atom. The van der Waals surface area contributed by atoms with Crippen molar-refractivity contribution < 1.29 is 0 Å². The van der Waals surface area contributed by atoms with Gasteiger partial charge in [0.25, 0.3) is 0 Å². The number of hydrogen-bond acceptors (Lipinski definition) is 1. The second-order valence-corrected chi connectivity index (χ2v) is 16.5. The molecule has 0 unspecified atom stereocenters. The number of anilines is 3. The highest BCUT2D eigenvalue weighted by Crippen LogP contribution is 2.60. The summed E-state index contributed by atoms with van der Waals surface area (Å²) < 4.78 is 0. The molecule has 0 radical (unpaired) electrons. The molecule has 0 atom stereocenters. The van der Waals surface area contributed by atoms with E-state index in [9.17, 15) is 0 Å². The molecule has 0 spiro atoms. The number of fused-ring (bicyclic) bond motifs is 6. The van der Waals surface area contributed by atoms with Crippen molar-refractivity contribution in [1.29, 1.82) is 0 Å². The summed E-state index contributed by atoms with van der Waals surface area (Å²) in [6, 6.07) is 75.2. The van der Waals surface area contributed by atoms with Crippen LogP contribution in [0.5, 0.6) is 0 Å². The van der Waals surface area contributed by atoms with Crippen molar-refractivity contribution in [1.82, 2.24) is 0 Å². The molecule has 0 aromatic heterocycles. The quantitative estimate of drug-likeness (QED) is 0.120. The lowest BCUT2D eigenvalue weighted by molar-refractivity contribution is 0.415. The van der Waals surface area contributed by atoms with E-state index in [1.165, 1.54) is 104 Å². The highest BCUT2D eigenvalue weighted by atomic mass is 15.1. The van der Waals surface area contributed by atoms with E-state index < -0.39 is 5.41 Å². The van der Waals surface area contributed by atoms with Crippen LogP contribution >= 0.6 is 0 Å². The van der Waals surface area contributed by atoms with E-state index in [1.54, 1.807) is 0 Å². The Bertz CT molecular complexity index is 2700. The van der Waals surface area contributed by atoms with Crippen molar-refractivity contribution in [3.8, 4) is 33.4 Å². The highest BCUT2D eigenvalue weighted by Gasteiger charge is 2.47. The third-order valence-electron chi connectivity index (χ3n) is 13.3. The molecule has 59 heavy (non-hydrogen) atoms. The van der Waals surface area contributed by atoms with Gasteiger partial charge < -0.3 is 4.90 Å². The van der Waals surface area contributed by atoms with Gasteiger partial charge in [0.2, 0.25) is 0 Å². The second-order valence-electron chi connectivity index (χ2n) is 16.5. The molecule has 288 valence electrons. The van der Waals surface area contributed by atoms with Crippen LogP contribution in [0.4, 0.5) is 17.1 Å². The molecule has 0 fully saturated rings. The van der Waals surface area contributed by atoms with Gasteiger partial charge in [-0.15, -0.1) is 0 Å². The number of rotatable bonds is 12. The Balaban J connectivity index is 1.28. The molecule has 10 rings (SSSR count). The Labute approximate surface area is 350 Å². The normalized spacial score (nSPS) is 13.9. The first-order valence-electron chi connectivity index (χ1n) is 21.7. The minimum Gasteiger partial charge on any atom is -0.310 e. The maximum absolute atomic E-state index is 2.60. The molecule has 0 heterocycles. The molecule has 8 aromatic carbocycles. The van der Waals surface area contributed by atoms with E-state index >= 15 is 0 Å². The molecule has 1 heteroatoms. The molecule has 0 aliphatic heterocycles. The highest BCUT2D eigenvalue weighted by molar-refractivity contribution is 5.94. The van der Waals surface area contributed by atoms with Crippen LogP contribution in [0.2, 0.25) is 0 Å². The first-order chi connectivity index (χ1) is 29.2. The van der Waals surface area contributed by atoms with E-state index in [0.717, 1.165) is 18.5 Å². The number of benzene rings is 8. The van der Waals surface area contributed by atoms with Gasteiger partial charge >= 0.3 is 0 Å². The maximum Gasteiger partial charge on any atom is 0.0714 e. The zero-order valence-electron chi connectivity index (χ0n) is 34.2. The van der Waals surface area contributed by atoms with Gasteiger partial charge in [-0.2, -0.15) is 0 Å². The molecule has 0 bridgehead atoms. The minimum atomic E-state index is -0.497. The lowest BCUT2D eigenvalue weighted by Gasteiger charge is -2.38. The molecule has 0 N–H and O–H groups in total. The lowest BCUT2D eigenvalue weighted by Crippen LogP contribution is -2.29. The average Bonchev–Trinajstić information content (AvgIpc) is 3.76. The Hall–Kier alpha value is -6.44. The lowest BCUT2D eigenvalue weighted by atomic mass is 9.67. The van der Waals surface area contributed by atoms with Gasteiger partial charge in [0.05, 0.1) is 11.1 Å². The number of hydrogen-bond donors (Lipinski definition) is 0. The van der Waals surface area contributed by atoms with Crippen molar-refractivity contribution in [2.45, 2.75) is 63.2 Å². The minimum absolute atomic E-state index is 0.0887. The van der Waals surface area contributed by atoms with Crippen molar-refractivity contribution in [2.24, 2.45) is 0 Å². The molecular formula is C58H51N. The SMILES string of the molecule is CCCCC1(CCCC)c2ccccc2-c2cccc(N(c3cccc(-c4ccccc4)c3)c3ccc4c(c3)C(c3ccccc3)(c3ccccc3)c3ccccc3-4)c21.